The molecule has 14 heavy (non-hydrogen) atoms. The highest BCUT2D eigenvalue weighted by molar-refractivity contribution is 7.20. The minimum atomic E-state index is 0.896. The first-order valence-electron chi connectivity index (χ1n) is 4.59. The highest BCUT2D eigenvalue weighted by atomic mass is 32.1. The van der Waals surface area contributed by atoms with Crippen molar-refractivity contribution in [3.63, 3.8) is 0 Å². The summed E-state index contributed by atoms with van der Waals surface area (Å²) in [6.45, 7) is 2.94. The number of rotatable bonds is 0. The minimum absolute atomic E-state index is 0.896. The first-order chi connectivity index (χ1) is 6.86. The first-order valence-corrected chi connectivity index (χ1v) is 5.41. The van der Waals surface area contributed by atoms with Crippen LogP contribution in [0.1, 0.15) is 16.1 Å². The molecule has 3 nitrogen and oxygen atoms in total. The van der Waals surface area contributed by atoms with E-state index in [0.29, 0.717) is 0 Å². The van der Waals surface area contributed by atoms with Gasteiger partial charge < -0.3 is 0 Å². The molecule has 0 aliphatic carbocycles. The van der Waals surface area contributed by atoms with Crippen LogP contribution in [0.5, 0.6) is 0 Å². The third kappa shape index (κ3) is 1.00. The zero-order chi connectivity index (χ0) is 9.54. The van der Waals surface area contributed by atoms with Crippen LogP contribution >= 0.6 is 11.3 Å². The summed E-state index contributed by atoms with van der Waals surface area (Å²) < 4.78 is 0. The summed E-state index contributed by atoms with van der Waals surface area (Å²) in [4.78, 5) is 15.2. The Balaban J connectivity index is 2.45. The Morgan fingerprint density at radius 2 is 2.29 bits per heavy atom. The van der Waals surface area contributed by atoms with Crippen molar-refractivity contribution in [2.75, 3.05) is 6.54 Å². The molecule has 3 rings (SSSR count). The number of hydrogen-bond acceptors (Lipinski definition) is 4. The first kappa shape index (κ1) is 8.05. The molecule has 0 fully saturated rings. The van der Waals surface area contributed by atoms with Gasteiger partial charge in [-0.2, -0.15) is 0 Å². The van der Waals surface area contributed by atoms with Gasteiger partial charge in [0.05, 0.1) is 4.88 Å². The van der Waals surface area contributed by atoms with Crippen LogP contribution in [-0.4, -0.2) is 22.7 Å². The predicted molar refractivity (Wildman–Crippen MR) is 58.3 cm³/mol. The average molecular weight is 203 g/mol. The number of fused-ring (bicyclic) bond motifs is 3. The summed E-state index contributed by atoms with van der Waals surface area (Å²) in [6, 6.07) is 0. The van der Waals surface area contributed by atoms with Crippen molar-refractivity contribution in [3.8, 4) is 0 Å². The predicted octanol–water partition coefficient (Wildman–Crippen LogP) is 1.97. The second-order valence-electron chi connectivity index (χ2n) is 3.37. The molecule has 0 saturated carbocycles. The molecule has 1 aliphatic heterocycles. The Morgan fingerprint density at radius 3 is 3.21 bits per heavy atom. The molecule has 3 heterocycles. The van der Waals surface area contributed by atoms with E-state index in [1.165, 1.54) is 15.8 Å². The van der Waals surface area contributed by atoms with Gasteiger partial charge in [-0.25, -0.2) is 9.97 Å². The monoisotopic (exact) mass is 203 g/mol. The van der Waals surface area contributed by atoms with Crippen LogP contribution in [-0.2, 0) is 6.42 Å². The van der Waals surface area contributed by atoms with E-state index < -0.39 is 0 Å². The fourth-order valence-corrected chi connectivity index (χ4v) is 2.98. The zero-order valence-corrected chi connectivity index (χ0v) is 8.64. The summed E-state index contributed by atoms with van der Waals surface area (Å²) in [6.07, 6.45) is 4.63. The second-order valence-corrected chi connectivity index (χ2v) is 4.40. The van der Waals surface area contributed by atoms with Crippen molar-refractivity contribution < 1.29 is 0 Å². The largest absolute Gasteiger partial charge is 0.291 e. The second kappa shape index (κ2) is 2.85. The van der Waals surface area contributed by atoms with E-state index in [4.69, 9.17) is 0 Å². The zero-order valence-electron chi connectivity index (χ0n) is 7.82. The number of aliphatic imine (C=N–C) groups is 1. The molecule has 70 valence electrons. The van der Waals surface area contributed by atoms with Crippen molar-refractivity contribution >= 4 is 27.8 Å². The van der Waals surface area contributed by atoms with Crippen LogP contribution in [0.4, 0.5) is 0 Å². The van der Waals surface area contributed by atoms with Crippen LogP contribution in [0.25, 0.3) is 10.2 Å². The Morgan fingerprint density at radius 1 is 1.36 bits per heavy atom. The van der Waals surface area contributed by atoms with Gasteiger partial charge in [0.2, 0.25) is 0 Å². The van der Waals surface area contributed by atoms with E-state index in [9.17, 15) is 0 Å². The number of nitrogens with zero attached hydrogens (tertiary/aromatic N) is 3. The summed E-state index contributed by atoms with van der Waals surface area (Å²) in [5.74, 6) is 0. The van der Waals surface area contributed by atoms with E-state index >= 15 is 0 Å². The third-order valence-electron chi connectivity index (χ3n) is 2.51. The van der Waals surface area contributed by atoms with E-state index in [1.54, 1.807) is 17.7 Å². The Bertz CT molecular complexity index is 527. The van der Waals surface area contributed by atoms with Crippen LogP contribution < -0.4 is 0 Å². The molecular weight excluding hydrogens is 194 g/mol. The van der Waals surface area contributed by atoms with Crippen molar-refractivity contribution in [2.45, 2.75) is 13.3 Å². The van der Waals surface area contributed by atoms with E-state index in [-0.39, 0.29) is 0 Å². The molecule has 1 aliphatic rings. The molecule has 0 amide bonds. The van der Waals surface area contributed by atoms with Crippen molar-refractivity contribution in [3.05, 3.63) is 22.5 Å². The van der Waals surface area contributed by atoms with E-state index in [2.05, 4.69) is 15.0 Å². The molecule has 0 saturated heterocycles. The van der Waals surface area contributed by atoms with Crippen LogP contribution in [0, 0.1) is 6.92 Å². The summed E-state index contributed by atoms with van der Waals surface area (Å²) in [5.41, 5.74) is 2.47. The van der Waals surface area contributed by atoms with Gasteiger partial charge in [-0.3, -0.25) is 4.99 Å². The topological polar surface area (TPSA) is 38.1 Å². The number of hydrogen-bond donors (Lipinski definition) is 0. The van der Waals surface area contributed by atoms with E-state index in [0.717, 1.165) is 23.5 Å². The molecule has 4 heteroatoms. The van der Waals surface area contributed by atoms with Gasteiger partial charge in [-0.05, 0) is 18.9 Å². The number of thiophene rings is 1. The fourth-order valence-electron chi connectivity index (χ4n) is 1.84. The van der Waals surface area contributed by atoms with Gasteiger partial charge in [0.1, 0.15) is 11.2 Å². The molecule has 0 unspecified atom stereocenters. The minimum Gasteiger partial charge on any atom is -0.291 e. The molecule has 0 bridgehead atoms. The molecule has 0 radical (unpaired) electrons. The fraction of sp³-hybridized carbons (Fsp3) is 0.300. The third-order valence-corrected chi connectivity index (χ3v) is 3.58. The summed E-state index contributed by atoms with van der Waals surface area (Å²) >= 11 is 1.71. The molecule has 0 atom stereocenters. The Kier molecular flexibility index (Phi) is 1.64. The molecule has 0 spiro atoms. The van der Waals surface area contributed by atoms with Gasteiger partial charge in [0.25, 0.3) is 0 Å². The van der Waals surface area contributed by atoms with Gasteiger partial charge in [-0.1, -0.05) is 0 Å². The molecule has 2 aromatic rings. The smallest absolute Gasteiger partial charge is 0.127 e. The molecular formula is C10H9N3S. The van der Waals surface area contributed by atoms with Crippen LogP contribution in [0.2, 0.25) is 0 Å². The maximum atomic E-state index is 4.29. The SMILES string of the molecule is Cc1ncnc2sc3c(c12)CCN=C3. The lowest BCUT2D eigenvalue weighted by Gasteiger charge is -2.04. The van der Waals surface area contributed by atoms with Gasteiger partial charge in [-0.15, -0.1) is 11.3 Å². The summed E-state index contributed by atoms with van der Waals surface area (Å²) in [5, 5.41) is 1.25. The molecule has 0 aromatic carbocycles. The van der Waals surface area contributed by atoms with Gasteiger partial charge >= 0.3 is 0 Å². The maximum Gasteiger partial charge on any atom is 0.127 e. The van der Waals surface area contributed by atoms with Gasteiger partial charge in [0.15, 0.2) is 0 Å². The Hall–Kier alpha value is -1.29. The van der Waals surface area contributed by atoms with Crippen molar-refractivity contribution in [1.82, 2.24) is 9.97 Å². The van der Waals surface area contributed by atoms with Gasteiger partial charge in [0, 0.05) is 23.8 Å². The average Bonchev–Trinajstić information content (AvgIpc) is 2.57. The number of aromatic nitrogens is 2. The maximum absolute atomic E-state index is 4.29. The highest BCUT2D eigenvalue weighted by Crippen LogP contribution is 2.31. The summed E-state index contributed by atoms with van der Waals surface area (Å²) in [7, 11) is 0. The van der Waals surface area contributed by atoms with E-state index in [1.807, 2.05) is 13.1 Å². The van der Waals surface area contributed by atoms with Crippen LogP contribution in [0.15, 0.2) is 11.3 Å². The highest BCUT2D eigenvalue weighted by Gasteiger charge is 2.15. The lowest BCUT2D eigenvalue weighted by atomic mass is 10.1. The van der Waals surface area contributed by atoms with Crippen LogP contribution in [0.3, 0.4) is 0 Å². The lowest BCUT2D eigenvalue weighted by molar-refractivity contribution is 0.965. The van der Waals surface area contributed by atoms with Crippen molar-refractivity contribution in [2.24, 2.45) is 4.99 Å². The standard InChI is InChI=1S/C10H9N3S/c1-6-9-7-2-3-11-4-8(7)14-10(9)13-5-12-6/h4-5H,2-3H2,1H3. The number of aryl methyl sites for hydroxylation is 1. The normalized spacial score (nSPS) is 14.6. The molecule has 0 N–H and O–H groups in total. The quantitative estimate of drug-likeness (QED) is 0.656. The van der Waals surface area contributed by atoms with Crippen molar-refractivity contribution in [1.29, 1.82) is 0 Å². The molecule has 2 aromatic heterocycles. The lowest BCUT2D eigenvalue weighted by Crippen LogP contribution is -1.99. The Labute approximate surface area is 85.5 Å².